The van der Waals surface area contributed by atoms with Gasteiger partial charge in [-0.3, -0.25) is 19.3 Å². The van der Waals surface area contributed by atoms with Crippen molar-refractivity contribution in [2.24, 2.45) is 5.11 Å². The molecule has 1 aromatic carbocycles. The van der Waals surface area contributed by atoms with Crippen LogP contribution >= 0.6 is 0 Å². The van der Waals surface area contributed by atoms with Crippen LogP contribution in [-0.4, -0.2) is 30.1 Å². The summed E-state index contributed by atoms with van der Waals surface area (Å²) < 4.78 is 12.3. The van der Waals surface area contributed by atoms with Gasteiger partial charge in [-0.1, -0.05) is 5.11 Å². The minimum Gasteiger partial charge on any atom is -0.352 e. The molecule has 1 amide bonds. The third kappa shape index (κ3) is 4.25. The fourth-order valence-electron chi connectivity index (χ4n) is 1.25. The Labute approximate surface area is 107 Å². The summed E-state index contributed by atoms with van der Waals surface area (Å²) in [6, 6.07) is 3.98. The molecule has 0 aliphatic heterocycles. The van der Waals surface area contributed by atoms with Crippen molar-refractivity contribution in [3.05, 3.63) is 50.4 Å². The van der Waals surface area contributed by atoms with E-state index in [-0.39, 0.29) is 17.8 Å². The van der Waals surface area contributed by atoms with Crippen molar-refractivity contribution < 1.29 is 14.1 Å². The van der Waals surface area contributed by atoms with E-state index in [1.54, 1.807) is 0 Å². The van der Waals surface area contributed by atoms with Crippen LogP contribution in [0.5, 0.6) is 0 Å². The minimum atomic E-state index is -0.966. The first-order valence-electron chi connectivity index (χ1n) is 5.21. The second-order valence-electron chi connectivity index (χ2n) is 3.53. The molecule has 0 spiro atoms. The Kier molecular flexibility index (Phi) is 5.24. The number of alkyl halides is 1. The van der Waals surface area contributed by atoms with Gasteiger partial charge in [0, 0.05) is 29.2 Å². The summed E-state index contributed by atoms with van der Waals surface area (Å²) in [4.78, 5) is 23.9. The van der Waals surface area contributed by atoms with Crippen molar-refractivity contribution in [2.75, 3.05) is 13.2 Å². The Hall–Kier alpha value is -2.67. The molecule has 0 bridgehead atoms. The number of non-ortho nitro benzene ring substituents is 1. The molecule has 0 aliphatic carbocycles. The fourth-order valence-corrected chi connectivity index (χ4v) is 1.25. The topological polar surface area (TPSA) is 121 Å². The van der Waals surface area contributed by atoms with Crippen molar-refractivity contribution in [3.8, 4) is 0 Å². The Morgan fingerprint density at radius 3 is 2.63 bits per heavy atom. The number of azide groups is 1. The van der Waals surface area contributed by atoms with Gasteiger partial charge in [-0.05, 0) is 17.7 Å². The van der Waals surface area contributed by atoms with Gasteiger partial charge in [-0.15, -0.1) is 0 Å². The van der Waals surface area contributed by atoms with Crippen LogP contribution in [0, 0.1) is 10.1 Å². The van der Waals surface area contributed by atoms with Crippen molar-refractivity contribution in [2.45, 2.75) is 6.04 Å². The maximum Gasteiger partial charge on any atom is 0.269 e. The predicted molar refractivity (Wildman–Crippen MR) is 64.3 cm³/mol. The van der Waals surface area contributed by atoms with Crippen molar-refractivity contribution >= 4 is 11.6 Å². The van der Waals surface area contributed by atoms with E-state index in [2.05, 4.69) is 15.3 Å². The number of carbonyl (C=O) groups excluding carboxylic acids is 1. The second kappa shape index (κ2) is 6.92. The summed E-state index contributed by atoms with van der Waals surface area (Å²) >= 11 is 0. The van der Waals surface area contributed by atoms with E-state index in [4.69, 9.17) is 5.53 Å². The van der Waals surface area contributed by atoms with E-state index in [0.29, 0.717) is 0 Å². The van der Waals surface area contributed by atoms with Gasteiger partial charge in [0.15, 0.2) is 0 Å². The van der Waals surface area contributed by atoms with Gasteiger partial charge in [-0.25, -0.2) is 0 Å². The molecule has 100 valence electrons. The van der Waals surface area contributed by atoms with E-state index in [9.17, 15) is 19.3 Å². The van der Waals surface area contributed by atoms with E-state index in [1.807, 2.05) is 0 Å². The highest BCUT2D eigenvalue weighted by molar-refractivity contribution is 5.94. The van der Waals surface area contributed by atoms with Gasteiger partial charge in [0.2, 0.25) is 0 Å². The molecule has 0 aliphatic rings. The SMILES string of the molecule is [N-]=[N+]=NC(CF)CNC(=O)c1ccc([N+](=O)[O-])cc1. The number of hydrogen-bond acceptors (Lipinski definition) is 4. The highest BCUT2D eigenvalue weighted by Crippen LogP contribution is 2.11. The molecule has 0 saturated heterocycles. The Balaban J connectivity index is 2.63. The molecular formula is C10H10FN5O3. The molecule has 1 rings (SSSR count). The van der Waals surface area contributed by atoms with Gasteiger partial charge < -0.3 is 5.32 Å². The van der Waals surface area contributed by atoms with Crippen LogP contribution in [0.4, 0.5) is 10.1 Å². The lowest BCUT2D eigenvalue weighted by Gasteiger charge is -2.08. The van der Waals surface area contributed by atoms with Gasteiger partial charge in [0.05, 0.1) is 17.6 Å². The maximum atomic E-state index is 12.3. The van der Waals surface area contributed by atoms with Crippen LogP contribution in [-0.2, 0) is 0 Å². The zero-order valence-electron chi connectivity index (χ0n) is 9.69. The number of nitro benzene ring substituents is 1. The van der Waals surface area contributed by atoms with Crippen LogP contribution in [0.3, 0.4) is 0 Å². The fraction of sp³-hybridized carbons (Fsp3) is 0.300. The Bertz CT molecular complexity index is 512. The molecule has 1 N–H and O–H groups in total. The van der Waals surface area contributed by atoms with E-state index < -0.39 is 23.5 Å². The summed E-state index contributed by atoms with van der Waals surface area (Å²) in [5, 5.41) is 15.9. The molecule has 0 heterocycles. The van der Waals surface area contributed by atoms with Gasteiger partial charge in [0.1, 0.15) is 0 Å². The van der Waals surface area contributed by atoms with Crippen molar-refractivity contribution in [1.29, 1.82) is 0 Å². The van der Waals surface area contributed by atoms with E-state index in [1.165, 1.54) is 24.3 Å². The summed E-state index contributed by atoms with van der Waals surface area (Å²) in [5.41, 5.74) is 8.21. The molecule has 0 saturated carbocycles. The number of rotatable bonds is 6. The lowest BCUT2D eigenvalue weighted by molar-refractivity contribution is -0.384. The van der Waals surface area contributed by atoms with Crippen molar-refractivity contribution in [1.82, 2.24) is 5.32 Å². The number of nitrogens with one attached hydrogen (secondary N) is 1. The summed E-state index contributed by atoms with van der Waals surface area (Å²) in [6.45, 7) is -1.03. The largest absolute Gasteiger partial charge is 0.352 e. The lowest BCUT2D eigenvalue weighted by atomic mass is 10.2. The monoisotopic (exact) mass is 267 g/mol. The molecule has 1 atom stereocenters. The number of nitro groups is 1. The molecular weight excluding hydrogens is 257 g/mol. The lowest BCUT2D eigenvalue weighted by Crippen LogP contribution is -2.32. The Morgan fingerprint density at radius 1 is 1.53 bits per heavy atom. The summed E-state index contributed by atoms with van der Waals surface area (Å²) in [7, 11) is 0. The molecule has 1 unspecified atom stereocenters. The van der Waals surface area contributed by atoms with Crippen LogP contribution in [0.25, 0.3) is 10.4 Å². The van der Waals surface area contributed by atoms with E-state index >= 15 is 0 Å². The maximum absolute atomic E-state index is 12.3. The highest BCUT2D eigenvalue weighted by atomic mass is 19.1. The predicted octanol–water partition coefficient (Wildman–Crippen LogP) is 1.97. The van der Waals surface area contributed by atoms with Gasteiger partial charge >= 0.3 is 0 Å². The zero-order valence-corrected chi connectivity index (χ0v) is 9.69. The van der Waals surface area contributed by atoms with Crippen LogP contribution in [0.2, 0.25) is 0 Å². The summed E-state index contributed by atoms with van der Waals surface area (Å²) in [6.07, 6.45) is 0. The third-order valence-electron chi connectivity index (χ3n) is 2.23. The van der Waals surface area contributed by atoms with Crippen LogP contribution in [0.15, 0.2) is 29.4 Å². The number of hydrogen-bond donors (Lipinski definition) is 1. The molecule has 0 aromatic heterocycles. The number of halogens is 1. The van der Waals surface area contributed by atoms with E-state index in [0.717, 1.165) is 0 Å². The average molecular weight is 267 g/mol. The quantitative estimate of drug-likeness (QED) is 0.279. The molecule has 19 heavy (non-hydrogen) atoms. The number of carbonyl (C=O) groups is 1. The summed E-state index contributed by atoms with van der Waals surface area (Å²) in [5.74, 6) is -0.526. The first-order valence-corrected chi connectivity index (χ1v) is 5.21. The second-order valence-corrected chi connectivity index (χ2v) is 3.53. The van der Waals surface area contributed by atoms with Crippen LogP contribution < -0.4 is 5.32 Å². The minimum absolute atomic E-state index is 0.132. The highest BCUT2D eigenvalue weighted by Gasteiger charge is 2.11. The standard InChI is InChI=1S/C10H10FN5O3/c11-5-8(14-15-12)6-13-10(17)7-1-3-9(4-2-7)16(18)19/h1-4,8H,5-6H2,(H,13,17). The van der Waals surface area contributed by atoms with Gasteiger partial charge in [-0.2, -0.15) is 0 Å². The molecule has 0 radical (unpaired) electrons. The molecule has 9 heteroatoms. The normalized spacial score (nSPS) is 11.2. The number of nitrogens with zero attached hydrogens (tertiary/aromatic N) is 4. The third-order valence-corrected chi connectivity index (χ3v) is 2.23. The average Bonchev–Trinajstić information content (AvgIpc) is 2.43. The van der Waals surface area contributed by atoms with Crippen LogP contribution in [0.1, 0.15) is 10.4 Å². The first-order chi connectivity index (χ1) is 9.08. The molecule has 1 aromatic rings. The molecule has 0 fully saturated rings. The smallest absolute Gasteiger partial charge is 0.269 e. The van der Waals surface area contributed by atoms with Gasteiger partial charge in [0.25, 0.3) is 11.6 Å². The molecule has 8 nitrogen and oxygen atoms in total. The zero-order chi connectivity index (χ0) is 14.3. The first kappa shape index (κ1) is 14.4. The van der Waals surface area contributed by atoms with Crippen molar-refractivity contribution in [3.63, 3.8) is 0 Å². The number of amides is 1. The Morgan fingerprint density at radius 2 is 2.16 bits per heavy atom. The number of benzene rings is 1.